The van der Waals surface area contributed by atoms with Crippen LogP contribution in [0, 0.1) is 0 Å². The van der Waals surface area contributed by atoms with Gasteiger partial charge in [-0.3, -0.25) is 0 Å². The molecule has 0 amide bonds. The van der Waals surface area contributed by atoms with Crippen LogP contribution in [0.2, 0.25) is 0 Å². The van der Waals surface area contributed by atoms with Gasteiger partial charge in [0, 0.05) is 16.7 Å². The first-order chi connectivity index (χ1) is 9.20. The molecule has 8 heteroatoms. The fourth-order valence-corrected chi connectivity index (χ4v) is 2.50. The normalized spacial score (nSPS) is 11.3. The number of rotatable bonds is 5. The molecule has 0 aliphatic heterocycles. The molecule has 0 bridgehead atoms. The highest BCUT2D eigenvalue weighted by molar-refractivity contribution is 8.13. The summed E-state index contributed by atoms with van der Waals surface area (Å²) in [5, 5.41) is 0. The Morgan fingerprint density at radius 2 is 1.70 bits per heavy atom. The summed E-state index contributed by atoms with van der Waals surface area (Å²) < 4.78 is 38.0. The zero-order chi connectivity index (χ0) is 15.5. The van der Waals surface area contributed by atoms with Crippen LogP contribution in [-0.4, -0.2) is 34.7 Å². The maximum atomic E-state index is 11.9. The van der Waals surface area contributed by atoms with Crippen LogP contribution in [-0.2, 0) is 13.8 Å². The van der Waals surface area contributed by atoms with Gasteiger partial charge in [-0.1, -0.05) is 0 Å². The largest absolute Gasteiger partial charge is 0.496 e. The molecule has 6 nitrogen and oxygen atoms in total. The monoisotopic (exact) mass is 322 g/mol. The van der Waals surface area contributed by atoms with E-state index in [9.17, 15) is 13.2 Å². The van der Waals surface area contributed by atoms with E-state index in [2.05, 4.69) is 0 Å². The van der Waals surface area contributed by atoms with Crippen LogP contribution >= 0.6 is 10.7 Å². The predicted octanol–water partition coefficient (Wildman–Crippen LogP) is 2.20. The van der Waals surface area contributed by atoms with Crippen LogP contribution in [0.4, 0.5) is 0 Å². The van der Waals surface area contributed by atoms with Crippen molar-refractivity contribution in [1.29, 1.82) is 0 Å². The summed E-state index contributed by atoms with van der Waals surface area (Å²) in [5.74, 6) is -0.587. The molecule has 0 radical (unpaired) electrons. The van der Waals surface area contributed by atoms with Gasteiger partial charge in [-0.25, -0.2) is 13.2 Å². The van der Waals surface area contributed by atoms with Crippen molar-refractivity contribution >= 4 is 25.7 Å². The summed E-state index contributed by atoms with van der Waals surface area (Å²) in [7, 11) is 3.88. The Labute approximate surface area is 122 Å². The second-order valence-electron chi connectivity index (χ2n) is 4.10. The fourth-order valence-electron chi connectivity index (χ4n) is 1.50. The second kappa shape index (κ2) is 6.32. The minimum atomic E-state index is -4.07. The van der Waals surface area contributed by atoms with E-state index in [-0.39, 0.29) is 28.1 Å². The van der Waals surface area contributed by atoms with Crippen LogP contribution in [0.5, 0.6) is 11.5 Å². The molecule has 1 aromatic rings. The van der Waals surface area contributed by atoms with E-state index >= 15 is 0 Å². The third-order valence-corrected chi connectivity index (χ3v) is 3.65. The van der Waals surface area contributed by atoms with Gasteiger partial charge in [0.05, 0.1) is 20.3 Å². The lowest BCUT2D eigenvalue weighted by atomic mass is 10.2. The first-order valence-corrected chi connectivity index (χ1v) is 7.93. The SMILES string of the molecule is COc1cc(OC)c(S(=O)(=O)Cl)cc1C(=O)OC(C)C. The molecule has 0 saturated heterocycles. The highest BCUT2D eigenvalue weighted by Crippen LogP contribution is 2.34. The third-order valence-electron chi connectivity index (χ3n) is 2.31. The third kappa shape index (κ3) is 3.77. The quantitative estimate of drug-likeness (QED) is 0.611. The molecule has 20 heavy (non-hydrogen) atoms. The number of halogens is 1. The van der Waals surface area contributed by atoms with Crippen LogP contribution in [0.3, 0.4) is 0 Å². The van der Waals surface area contributed by atoms with Crippen molar-refractivity contribution in [2.24, 2.45) is 0 Å². The molecule has 0 aliphatic carbocycles. The Morgan fingerprint density at radius 1 is 1.15 bits per heavy atom. The fraction of sp³-hybridized carbons (Fsp3) is 0.417. The van der Waals surface area contributed by atoms with Crippen LogP contribution < -0.4 is 9.47 Å². The molecular formula is C12H15ClO6S. The van der Waals surface area contributed by atoms with Crippen molar-refractivity contribution in [1.82, 2.24) is 0 Å². The van der Waals surface area contributed by atoms with Crippen molar-refractivity contribution in [2.45, 2.75) is 24.8 Å². The number of ether oxygens (including phenoxy) is 3. The highest BCUT2D eigenvalue weighted by Gasteiger charge is 2.24. The van der Waals surface area contributed by atoms with Gasteiger partial charge >= 0.3 is 5.97 Å². The number of carbonyl (C=O) groups excluding carboxylic acids is 1. The predicted molar refractivity (Wildman–Crippen MR) is 73.1 cm³/mol. The molecule has 0 aromatic heterocycles. The summed E-state index contributed by atoms with van der Waals surface area (Å²) in [4.78, 5) is 11.6. The summed E-state index contributed by atoms with van der Waals surface area (Å²) in [6.07, 6.45) is -0.356. The van der Waals surface area contributed by atoms with Crippen LogP contribution in [0.1, 0.15) is 24.2 Å². The van der Waals surface area contributed by atoms with Crippen LogP contribution in [0.25, 0.3) is 0 Å². The highest BCUT2D eigenvalue weighted by atomic mass is 35.7. The lowest BCUT2D eigenvalue weighted by molar-refractivity contribution is 0.0374. The average molecular weight is 323 g/mol. The molecule has 1 aromatic carbocycles. The van der Waals surface area contributed by atoms with E-state index in [4.69, 9.17) is 24.9 Å². The van der Waals surface area contributed by atoms with E-state index in [1.165, 1.54) is 20.3 Å². The molecule has 0 aliphatic rings. The molecule has 0 atom stereocenters. The number of methoxy groups -OCH3 is 2. The van der Waals surface area contributed by atoms with Crippen molar-refractivity contribution in [3.05, 3.63) is 17.7 Å². The van der Waals surface area contributed by atoms with Gasteiger partial charge in [-0.15, -0.1) is 0 Å². The minimum absolute atomic E-state index is 0.0158. The Balaban J connectivity index is 3.47. The Kier molecular flexibility index (Phi) is 5.24. The molecule has 112 valence electrons. The second-order valence-corrected chi connectivity index (χ2v) is 6.63. The van der Waals surface area contributed by atoms with E-state index < -0.39 is 15.0 Å². The molecule has 1 rings (SSSR count). The molecule has 0 saturated carbocycles. The van der Waals surface area contributed by atoms with Crippen LogP contribution in [0.15, 0.2) is 17.0 Å². The van der Waals surface area contributed by atoms with Gasteiger partial charge in [0.1, 0.15) is 22.0 Å². The van der Waals surface area contributed by atoms with E-state index in [0.717, 1.165) is 6.07 Å². The molecule has 0 N–H and O–H groups in total. The zero-order valence-corrected chi connectivity index (χ0v) is 13.0. The molecule has 0 spiro atoms. The number of hydrogen-bond acceptors (Lipinski definition) is 6. The maximum absolute atomic E-state index is 11.9. The Morgan fingerprint density at radius 3 is 2.10 bits per heavy atom. The van der Waals surface area contributed by atoms with Crippen molar-refractivity contribution in [3.63, 3.8) is 0 Å². The van der Waals surface area contributed by atoms with E-state index in [1.807, 2.05) is 0 Å². The standard InChI is InChI=1S/C12H15ClO6S/c1-7(2)19-12(14)8-5-11(20(13,15)16)10(18-4)6-9(8)17-3/h5-7H,1-4H3. The summed E-state index contributed by atoms with van der Waals surface area (Å²) in [5.41, 5.74) is -0.0405. The van der Waals surface area contributed by atoms with Gasteiger partial charge in [0.15, 0.2) is 0 Å². The van der Waals surface area contributed by atoms with Gasteiger partial charge in [-0.05, 0) is 19.9 Å². The number of benzene rings is 1. The maximum Gasteiger partial charge on any atom is 0.342 e. The first kappa shape index (κ1) is 16.6. The summed E-state index contributed by atoms with van der Waals surface area (Å²) in [6, 6.07) is 2.34. The van der Waals surface area contributed by atoms with Crippen molar-refractivity contribution in [2.75, 3.05) is 14.2 Å². The van der Waals surface area contributed by atoms with Crippen molar-refractivity contribution < 1.29 is 27.4 Å². The number of carbonyl (C=O) groups is 1. The first-order valence-electron chi connectivity index (χ1n) is 5.62. The molecular weight excluding hydrogens is 308 g/mol. The van der Waals surface area contributed by atoms with Crippen molar-refractivity contribution in [3.8, 4) is 11.5 Å². The number of hydrogen-bond donors (Lipinski definition) is 0. The van der Waals surface area contributed by atoms with E-state index in [1.54, 1.807) is 13.8 Å². The van der Waals surface area contributed by atoms with E-state index in [0.29, 0.717) is 0 Å². The Bertz CT molecular complexity index is 609. The van der Waals surface area contributed by atoms with Gasteiger partial charge in [0.25, 0.3) is 9.05 Å². The van der Waals surface area contributed by atoms with Gasteiger partial charge < -0.3 is 14.2 Å². The zero-order valence-electron chi connectivity index (χ0n) is 11.5. The molecule has 0 heterocycles. The minimum Gasteiger partial charge on any atom is -0.496 e. The Hall–Kier alpha value is -1.47. The smallest absolute Gasteiger partial charge is 0.342 e. The average Bonchev–Trinajstić information content (AvgIpc) is 2.34. The summed E-state index contributed by atoms with van der Waals surface area (Å²) >= 11 is 0. The molecule has 0 fully saturated rings. The number of esters is 1. The molecule has 0 unspecified atom stereocenters. The summed E-state index contributed by atoms with van der Waals surface area (Å²) in [6.45, 7) is 3.35. The van der Waals surface area contributed by atoms with Gasteiger partial charge in [-0.2, -0.15) is 0 Å². The lowest BCUT2D eigenvalue weighted by Crippen LogP contribution is -2.13. The topological polar surface area (TPSA) is 78.9 Å². The lowest BCUT2D eigenvalue weighted by Gasteiger charge is -2.14. The van der Waals surface area contributed by atoms with Gasteiger partial charge in [0.2, 0.25) is 0 Å².